The minimum atomic E-state index is -1.69. The molecule has 0 N–H and O–H groups in total. The van der Waals surface area contributed by atoms with Gasteiger partial charge in [0.15, 0.2) is 0 Å². The molecule has 0 aliphatic rings. The number of halogens is 3. The van der Waals surface area contributed by atoms with Crippen LogP contribution in [0.1, 0.15) is 6.92 Å². The molecule has 58 valence electrons. The van der Waals surface area contributed by atoms with Crippen LogP contribution in [0.2, 0.25) is 0 Å². The first-order valence-electron chi connectivity index (χ1n) is 2.86. The monoisotopic (exact) mass is 150 g/mol. The summed E-state index contributed by atoms with van der Waals surface area (Å²) >= 11 is 0. The van der Waals surface area contributed by atoms with Gasteiger partial charge in [0.1, 0.15) is 25.4 Å². The molecule has 0 aromatic heterocycles. The number of hydrogen-bond acceptors (Lipinski definition) is 0. The van der Waals surface area contributed by atoms with Gasteiger partial charge in [-0.2, -0.15) is 0 Å². The van der Waals surface area contributed by atoms with Gasteiger partial charge in [0.05, 0.1) is 0 Å². The molecule has 10 heavy (non-hydrogen) atoms. The van der Waals surface area contributed by atoms with Crippen LogP contribution < -0.4 is 0 Å². The molecule has 0 saturated carbocycles. The van der Waals surface area contributed by atoms with Crippen molar-refractivity contribution in [3.05, 3.63) is 0 Å². The molecule has 0 nitrogen and oxygen atoms in total. The number of alkyl halides is 3. The van der Waals surface area contributed by atoms with Gasteiger partial charge < -0.3 is 0 Å². The van der Waals surface area contributed by atoms with Crippen molar-refractivity contribution in [1.82, 2.24) is 0 Å². The van der Waals surface area contributed by atoms with Crippen molar-refractivity contribution in [1.29, 1.82) is 0 Å². The zero-order valence-electron chi connectivity index (χ0n) is 5.76. The summed E-state index contributed by atoms with van der Waals surface area (Å²) in [6, 6.07) is 0. The summed E-state index contributed by atoms with van der Waals surface area (Å²) in [4.78, 5) is 0. The van der Waals surface area contributed by atoms with Crippen LogP contribution in [0.5, 0.6) is 0 Å². The van der Waals surface area contributed by atoms with Gasteiger partial charge in [-0.15, -0.1) is 5.92 Å². The molecule has 3 heteroatoms. The Bertz CT molecular complexity index is 130. The summed E-state index contributed by atoms with van der Waals surface area (Å²) in [6.07, 6.45) is 0. The van der Waals surface area contributed by atoms with E-state index in [0.29, 0.717) is 0 Å². The number of rotatable bonds is 3. The highest BCUT2D eigenvalue weighted by molar-refractivity contribution is 5.10. The van der Waals surface area contributed by atoms with E-state index in [9.17, 15) is 13.2 Å². The van der Waals surface area contributed by atoms with Crippen LogP contribution in [0.3, 0.4) is 0 Å². The molecule has 0 radical (unpaired) electrons. The molecule has 0 unspecified atom stereocenters. The second-order valence-corrected chi connectivity index (χ2v) is 2.06. The first kappa shape index (κ1) is 9.35. The Morgan fingerprint density at radius 2 is 1.50 bits per heavy atom. The minimum Gasteiger partial charge on any atom is -0.249 e. The van der Waals surface area contributed by atoms with Crippen LogP contribution in [0.25, 0.3) is 0 Å². The van der Waals surface area contributed by atoms with Crippen LogP contribution in [-0.4, -0.2) is 20.0 Å². The zero-order valence-corrected chi connectivity index (χ0v) is 5.76. The molecular weight excluding hydrogens is 141 g/mol. The van der Waals surface area contributed by atoms with E-state index in [1.807, 2.05) is 0 Å². The summed E-state index contributed by atoms with van der Waals surface area (Å²) in [7, 11) is 0. The summed E-state index contributed by atoms with van der Waals surface area (Å²) in [6.45, 7) is -1.78. The first-order valence-corrected chi connectivity index (χ1v) is 2.86. The van der Waals surface area contributed by atoms with E-state index in [1.165, 1.54) is 6.92 Å². The van der Waals surface area contributed by atoms with Crippen molar-refractivity contribution in [2.75, 3.05) is 20.0 Å². The molecule has 0 bridgehead atoms. The zero-order chi connectivity index (χ0) is 8.04. The van der Waals surface area contributed by atoms with Crippen molar-refractivity contribution in [2.45, 2.75) is 6.92 Å². The van der Waals surface area contributed by atoms with Gasteiger partial charge in [-0.1, -0.05) is 5.92 Å². The lowest BCUT2D eigenvalue weighted by Crippen LogP contribution is -2.26. The predicted octanol–water partition coefficient (Wildman–Crippen LogP) is 1.90. The van der Waals surface area contributed by atoms with Crippen LogP contribution in [0.15, 0.2) is 0 Å². The average molecular weight is 150 g/mol. The lowest BCUT2D eigenvalue weighted by atomic mass is 9.94. The topological polar surface area (TPSA) is 0 Å². The SMILES string of the molecule is CC#CC(CF)(CF)CF. The highest BCUT2D eigenvalue weighted by Gasteiger charge is 2.28. The van der Waals surface area contributed by atoms with Crippen molar-refractivity contribution in [3.63, 3.8) is 0 Å². The van der Waals surface area contributed by atoms with Crippen LogP contribution >= 0.6 is 0 Å². The first-order chi connectivity index (χ1) is 4.74. The number of hydrogen-bond donors (Lipinski definition) is 0. The highest BCUT2D eigenvalue weighted by atomic mass is 19.1. The molecule has 0 spiro atoms. The van der Waals surface area contributed by atoms with Crippen LogP contribution in [-0.2, 0) is 0 Å². The highest BCUT2D eigenvalue weighted by Crippen LogP contribution is 2.18. The molecule has 0 atom stereocenters. The molecular formula is C7H9F3. The lowest BCUT2D eigenvalue weighted by molar-refractivity contribution is 0.173. The second kappa shape index (κ2) is 4.21. The van der Waals surface area contributed by atoms with Gasteiger partial charge in [-0.05, 0) is 6.92 Å². The standard InChI is InChI=1S/C7H9F3/c1-2-3-7(4-8,5-9)6-10/h4-6H2,1H3. The van der Waals surface area contributed by atoms with Crippen molar-refractivity contribution in [3.8, 4) is 11.8 Å². The van der Waals surface area contributed by atoms with Gasteiger partial charge in [-0.3, -0.25) is 0 Å². The Hall–Kier alpha value is -0.650. The third-order valence-electron chi connectivity index (χ3n) is 1.16. The van der Waals surface area contributed by atoms with Gasteiger partial charge in [-0.25, -0.2) is 13.2 Å². The van der Waals surface area contributed by atoms with E-state index in [4.69, 9.17) is 0 Å². The quantitative estimate of drug-likeness (QED) is 0.539. The van der Waals surface area contributed by atoms with E-state index in [1.54, 1.807) is 0 Å². The Balaban J connectivity index is 4.25. The van der Waals surface area contributed by atoms with E-state index in [-0.39, 0.29) is 0 Å². The van der Waals surface area contributed by atoms with Gasteiger partial charge in [0, 0.05) is 0 Å². The third kappa shape index (κ3) is 1.94. The Kier molecular flexibility index (Phi) is 3.94. The normalized spacial score (nSPS) is 10.4. The molecule has 0 heterocycles. The van der Waals surface area contributed by atoms with Crippen molar-refractivity contribution in [2.24, 2.45) is 5.41 Å². The fraction of sp³-hybridized carbons (Fsp3) is 0.714. The van der Waals surface area contributed by atoms with E-state index in [2.05, 4.69) is 11.8 Å². The second-order valence-electron chi connectivity index (χ2n) is 2.06. The Morgan fingerprint density at radius 1 is 1.10 bits per heavy atom. The largest absolute Gasteiger partial charge is 0.249 e. The molecule has 0 rings (SSSR count). The Labute approximate surface area is 58.4 Å². The third-order valence-corrected chi connectivity index (χ3v) is 1.16. The molecule has 0 fully saturated rings. The van der Waals surface area contributed by atoms with Crippen LogP contribution in [0.4, 0.5) is 13.2 Å². The van der Waals surface area contributed by atoms with Gasteiger partial charge in [0.25, 0.3) is 0 Å². The van der Waals surface area contributed by atoms with E-state index in [0.717, 1.165) is 0 Å². The maximum Gasteiger partial charge on any atom is 0.116 e. The molecule has 0 saturated heterocycles. The molecule has 0 aliphatic carbocycles. The summed E-state index contributed by atoms with van der Waals surface area (Å²) in [5, 5.41) is 0. The fourth-order valence-electron chi connectivity index (χ4n) is 0.473. The average Bonchev–Trinajstić information content (AvgIpc) is 2.01. The van der Waals surface area contributed by atoms with Crippen LogP contribution in [0, 0.1) is 17.3 Å². The summed E-state index contributed by atoms with van der Waals surface area (Å²) in [5.74, 6) is 4.46. The van der Waals surface area contributed by atoms with E-state index < -0.39 is 25.4 Å². The smallest absolute Gasteiger partial charge is 0.116 e. The molecule has 0 aromatic carbocycles. The minimum absolute atomic E-state index is 1.07. The van der Waals surface area contributed by atoms with Crippen molar-refractivity contribution < 1.29 is 13.2 Å². The van der Waals surface area contributed by atoms with Gasteiger partial charge >= 0.3 is 0 Å². The molecule has 0 aromatic rings. The predicted molar refractivity (Wildman–Crippen MR) is 33.8 cm³/mol. The Morgan fingerprint density at radius 3 is 1.60 bits per heavy atom. The van der Waals surface area contributed by atoms with Gasteiger partial charge in [0.2, 0.25) is 0 Å². The summed E-state index contributed by atoms with van der Waals surface area (Å²) in [5.41, 5.74) is -1.69. The molecule has 0 amide bonds. The molecule has 0 aliphatic heterocycles. The van der Waals surface area contributed by atoms with Crippen molar-refractivity contribution >= 4 is 0 Å². The summed E-state index contributed by atoms with van der Waals surface area (Å²) < 4.78 is 35.8. The van der Waals surface area contributed by atoms with E-state index >= 15 is 0 Å². The maximum absolute atomic E-state index is 11.9. The lowest BCUT2D eigenvalue weighted by Gasteiger charge is -2.15. The maximum atomic E-state index is 11.9. The fourth-order valence-corrected chi connectivity index (χ4v) is 0.473.